The summed E-state index contributed by atoms with van der Waals surface area (Å²) >= 11 is 0. The van der Waals surface area contributed by atoms with Crippen LogP contribution in [0.15, 0.2) is 85.2 Å². The van der Waals surface area contributed by atoms with E-state index >= 15 is 0 Å². The molecule has 192 valence electrons. The quantitative estimate of drug-likeness (QED) is 0.168. The number of para-hydroxylation sites is 1. The maximum Gasteiger partial charge on any atom is 0.214 e. The van der Waals surface area contributed by atoms with Crippen molar-refractivity contribution in [1.82, 2.24) is 15.3 Å². The van der Waals surface area contributed by atoms with Gasteiger partial charge in [0.2, 0.25) is 6.41 Å². The third kappa shape index (κ3) is 5.55. The van der Waals surface area contributed by atoms with Gasteiger partial charge in [-0.15, -0.1) is 0 Å². The standard InChI is InChI=1S/C31H31N5O2/c1-31(2,3)38-30(37)36-16-19-8-10-20(11-9-19)29(33)28-24-15-21(12-13-27(24)35-18-25(28)32)23-14-22-6-4-5-7-26(22)34-17-23/h4-15,17-18,30,33,36-37H,16,32H2,1-3H3. The third-order valence-corrected chi connectivity index (χ3v) is 6.26. The van der Waals surface area contributed by atoms with E-state index in [0.717, 1.165) is 44.1 Å². The Labute approximate surface area is 221 Å². The first kappa shape index (κ1) is 25.5. The molecular formula is C31H31N5O2. The number of nitrogens with zero attached hydrogens (tertiary/aromatic N) is 2. The lowest BCUT2D eigenvalue weighted by molar-refractivity contribution is -0.182. The average Bonchev–Trinajstić information content (AvgIpc) is 2.90. The van der Waals surface area contributed by atoms with Crippen molar-refractivity contribution in [3.8, 4) is 11.1 Å². The van der Waals surface area contributed by atoms with Gasteiger partial charge in [0.05, 0.1) is 34.2 Å². The fourth-order valence-corrected chi connectivity index (χ4v) is 4.41. The van der Waals surface area contributed by atoms with E-state index < -0.39 is 12.0 Å². The van der Waals surface area contributed by atoms with Gasteiger partial charge in [-0.2, -0.15) is 0 Å². The number of fused-ring (bicyclic) bond motifs is 2. The highest BCUT2D eigenvalue weighted by Crippen LogP contribution is 2.30. The van der Waals surface area contributed by atoms with Crippen LogP contribution in [-0.2, 0) is 11.3 Å². The van der Waals surface area contributed by atoms with Crippen molar-refractivity contribution in [2.45, 2.75) is 39.3 Å². The summed E-state index contributed by atoms with van der Waals surface area (Å²) in [6, 6.07) is 23.8. The van der Waals surface area contributed by atoms with Crippen LogP contribution in [0.5, 0.6) is 0 Å². The number of aromatic nitrogens is 2. The number of hydrogen-bond donors (Lipinski definition) is 4. The van der Waals surface area contributed by atoms with Gasteiger partial charge in [0.15, 0.2) is 0 Å². The predicted molar refractivity (Wildman–Crippen MR) is 153 cm³/mol. The lowest BCUT2D eigenvalue weighted by atomic mass is 9.94. The van der Waals surface area contributed by atoms with Crippen molar-refractivity contribution >= 4 is 33.2 Å². The number of aliphatic hydroxyl groups excluding tert-OH is 1. The van der Waals surface area contributed by atoms with E-state index in [1.54, 1.807) is 6.20 Å². The summed E-state index contributed by atoms with van der Waals surface area (Å²) in [6.45, 7) is 6.08. The molecule has 0 aliphatic heterocycles. The second-order valence-corrected chi connectivity index (χ2v) is 10.3. The normalized spacial score (nSPS) is 12.6. The first-order valence-corrected chi connectivity index (χ1v) is 12.5. The predicted octanol–water partition coefficient (Wildman–Crippen LogP) is 5.63. The molecule has 7 heteroatoms. The number of rotatable bonds is 7. The van der Waals surface area contributed by atoms with Crippen LogP contribution < -0.4 is 11.1 Å². The molecule has 7 nitrogen and oxygen atoms in total. The molecule has 1 unspecified atom stereocenters. The molecule has 0 amide bonds. The van der Waals surface area contributed by atoms with Crippen LogP contribution in [0.3, 0.4) is 0 Å². The zero-order valence-corrected chi connectivity index (χ0v) is 21.7. The third-order valence-electron chi connectivity index (χ3n) is 6.26. The van der Waals surface area contributed by atoms with Gasteiger partial charge in [-0.3, -0.25) is 20.7 Å². The zero-order chi connectivity index (χ0) is 26.9. The Bertz CT molecular complexity index is 1620. The largest absolute Gasteiger partial charge is 0.397 e. The van der Waals surface area contributed by atoms with Crippen molar-refractivity contribution in [3.63, 3.8) is 0 Å². The molecule has 0 saturated carbocycles. The molecule has 1 atom stereocenters. The number of nitrogen functional groups attached to an aromatic ring is 1. The molecule has 0 bridgehead atoms. The van der Waals surface area contributed by atoms with Gasteiger partial charge in [-0.05, 0) is 56.2 Å². The van der Waals surface area contributed by atoms with E-state index in [0.29, 0.717) is 23.5 Å². The molecule has 3 aromatic carbocycles. The second-order valence-electron chi connectivity index (χ2n) is 10.3. The molecule has 0 radical (unpaired) electrons. The SMILES string of the molecule is CC(C)(C)OC(O)NCc1ccc(C(=N)c2c(N)cnc3ccc(-c4cnc5ccccc5c4)cc23)cc1. The number of anilines is 1. The Morgan fingerprint density at radius 1 is 0.947 bits per heavy atom. The lowest BCUT2D eigenvalue weighted by Gasteiger charge is -2.24. The summed E-state index contributed by atoms with van der Waals surface area (Å²) in [5.74, 6) is 0. The molecular weight excluding hydrogens is 474 g/mol. The highest BCUT2D eigenvalue weighted by molar-refractivity contribution is 6.20. The van der Waals surface area contributed by atoms with E-state index in [-0.39, 0.29) is 0 Å². The van der Waals surface area contributed by atoms with Crippen molar-refractivity contribution in [3.05, 3.63) is 102 Å². The van der Waals surface area contributed by atoms with Crippen LogP contribution in [0, 0.1) is 5.41 Å². The van der Waals surface area contributed by atoms with E-state index in [9.17, 15) is 5.11 Å². The highest BCUT2D eigenvalue weighted by atomic mass is 16.6. The summed E-state index contributed by atoms with van der Waals surface area (Å²) in [5.41, 5.74) is 12.7. The highest BCUT2D eigenvalue weighted by Gasteiger charge is 2.17. The minimum atomic E-state index is -1.07. The van der Waals surface area contributed by atoms with Gasteiger partial charge in [-0.25, -0.2) is 0 Å². The number of aliphatic hydroxyl groups is 1. The van der Waals surface area contributed by atoms with Crippen LogP contribution in [0.2, 0.25) is 0 Å². The number of hydrogen-bond acceptors (Lipinski definition) is 7. The molecule has 2 aromatic heterocycles. The fraction of sp³-hybridized carbons (Fsp3) is 0.194. The maximum absolute atomic E-state index is 10.0. The lowest BCUT2D eigenvalue weighted by Crippen LogP contribution is -2.37. The molecule has 0 aliphatic rings. The Morgan fingerprint density at radius 3 is 2.45 bits per heavy atom. The van der Waals surface area contributed by atoms with Crippen LogP contribution in [0.4, 0.5) is 5.69 Å². The van der Waals surface area contributed by atoms with Crippen LogP contribution in [0.1, 0.15) is 37.5 Å². The van der Waals surface area contributed by atoms with Crippen molar-refractivity contribution < 1.29 is 9.84 Å². The Kier molecular flexibility index (Phi) is 6.91. The smallest absolute Gasteiger partial charge is 0.214 e. The van der Waals surface area contributed by atoms with Gasteiger partial charge in [0.1, 0.15) is 0 Å². The van der Waals surface area contributed by atoms with Gasteiger partial charge < -0.3 is 15.6 Å². The second kappa shape index (κ2) is 10.3. The number of benzene rings is 3. The number of nitrogens with two attached hydrogens (primary N) is 1. The first-order valence-electron chi connectivity index (χ1n) is 12.5. The molecule has 0 saturated heterocycles. The molecule has 0 spiro atoms. The molecule has 0 fully saturated rings. The minimum Gasteiger partial charge on any atom is -0.397 e. The Hall–Kier alpha value is -4.17. The van der Waals surface area contributed by atoms with Gasteiger partial charge in [-0.1, -0.05) is 48.5 Å². The minimum absolute atomic E-state index is 0.319. The Morgan fingerprint density at radius 2 is 1.68 bits per heavy atom. The Balaban J connectivity index is 1.43. The van der Waals surface area contributed by atoms with Crippen LogP contribution in [-0.4, -0.2) is 32.8 Å². The van der Waals surface area contributed by atoms with Gasteiger partial charge >= 0.3 is 0 Å². The van der Waals surface area contributed by atoms with E-state index in [1.165, 1.54) is 0 Å². The molecule has 5 aromatic rings. The van der Waals surface area contributed by atoms with Crippen molar-refractivity contribution in [2.75, 3.05) is 5.73 Å². The van der Waals surface area contributed by atoms with E-state index in [1.807, 2.05) is 93.7 Å². The molecule has 5 rings (SSSR count). The average molecular weight is 506 g/mol. The number of pyridine rings is 2. The summed E-state index contributed by atoms with van der Waals surface area (Å²) in [6.07, 6.45) is 2.41. The fourth-order valence-electron chi connectivity index (χ4n) is 4.41. The first-order chi connectivity index (χ1) is 18.2. The van der Waals surface area contributed by atoms with Crippen molar-refractivity contribution in [1.29, 1.82) is 5.41 Å². The molecule has 5 N–H and O–H groups in total. The van der Waals surface area contributed by atoms with Crippen molar-refractivity contribution in [2.24, 2.45) is 0 Å². The van der Waals surface area contributed by atoms with Crippen LogP contribution >= 0.6 is 0 Å². The number of nitrogens with one attached hydrogen (secondary N) is 2. The topological polar surface area (TPSA) is 117 Å². The van der Waals surface area contributed by atoms with Crippen LogP contribution in [0.25, 0.3) is 32.9 Å². The maximum atomic E-state index is 10.0. The monoisotopic (exact) mass is 505 g/mol. The number of ether oxygens (including phenoxy) is 1. The zero-order valence-electron chi connectivity index (χ0n) is 21.7. The van der Waals surface area contributed by atoms with Gasteiger partial charge in [0, 0.05) is 40.2 Å². The summed E-state index contributed by atoms with van der Waals surface area (Å²) in [5, 5.41) is 23.9. The molecule has 2 heterocycles. The summed E-state index contributed by atoms with van der Waals surface area (Å²) < 4.78 is 5.48. The van der Waals surface area contributed by atoms with E-state index in [4.69, 9.17) is 15.9 Å². The molecule has 0 aliphatic carbocycles. The molecule has 38 heavy (non-hydrogen) atoms. The van der Waals surface area contributed by atoms with Gasteiger partial charge in [0.25, 0.3) is 0 Å². The summed E-state index contributed by atoms with van der Waals surface area (Å²) in [4.78, 5) is 9.10. The summed E-state index contributed by atoms with van der Waals surface area (Å²) in [7, 11) is 0. The van der Waals surface area contributed by atoms with E-state index in [2.05, 4.69) is 21.4 Å².